The molecule has 1 amide bonds. The molecule has 0 radical (unpaired) electrons. The van der Waals surface area contributed by atoms with Crippen molar-refractivity contribution >= 4 is 17.0 Å². The molecule has 0 aliphatic carbocycles. The summed E-state index contributed by atoms with van der Waals surface area (Å²) < 4.78 is 23.2. The second-order valence-electron chi connectivity index (χ2n) is 6.29. The molecule has 4 aromatic rings. The number of aromatic nitrogens is 3. The van der Waals surface area contributed by atoms with Crippen LogP contribution < -0.4 is 5.32 Å². The molecule has 7 heteroatoms. The zero-order valence-electron chi connectivity index (χ0n) is 14.6. The fourth-order valence-corrected chi connectivity index (χ4v) is 3.11. The largest absolute Gasteiger partial charge is 0.463 e. The Balaban J connectivity index is 1.50. The fraction of sp³-hybridized carbons (Fsp3) is 0.200. The lowest BCUT2D eigenvalue weighted by atomic mass is 10.2. The van der Waals surface area contributed by atoms with Gasteiger partial charge in [-0.1, -0.05) is 18.2 Å². The van der Waals surface area contributed by atoms with Crippen molar-refractivity contribution < 1.29 is 13.6 Å². The normalized spacial score (nSPS) is 11.1. The first-order valence-electron chi connectivity index (χ1n) is 8.76. The lowest BCUT2D eigenvalue weighted by Gasteiger charge is -2.11. The predicted molar refractivity (Wildman–Crippen MR) is 98.9 cm³/mol. The topological polar surface area (TPSA) is 65.0 Å². The molecule has 0 aliphatic rings. The highest BCUT2D eigenvalue weighted by Crippen LogP contribution is 2.23. The van der Waals surface area contributed by atoms with E-state index in [2.05, 4.69) is 10.3 Å². The van der Waals surface area contributed by atoms with E-state index >= 15 is 0 Å². The van der Waals surface area contributed by atoms with Gasteiger partial charge in [0.25, 0.3) is 5.91 Å². The van der Waals surface area contributed by atoms with Gasteiger partial charge < -0.3 is 18.9 Å². The summed E-state index contributed by atoms with van der Waals surface area (Å²) in [7, 11) is 0. The summed E-state index contributed by atoms with van der Waals surface area (Å²) in [5.74, 6) is -0.502. The Morgan fingerprint density at radius 3 is 2.96 bits per heavy atom. The van der Waals surface area contributed by atoms with E-state index in [4.69, 9.17) is 4.42 Å². The van der Waals surface area contributed by atoms with Crippen molar-refractivity contribution in [1.82, 2.24) is 19.4 Å². The Bertz CT molecular complexity index is 1050. The molecule has 0 aliphatic heterocycles. The molecular formula is C20H19FN4O2. The van der Waals surface area contributed by atoms with Gasteiger partial charge in [0.2, 0.25) is 0 Å². The van der Waals surface area contributed by atoms with Crippen LogP contribution in [0.1, 0.15) is 22.5 Å². The van der Waals surface area contributed by atoms with Crippen LogP contribution in [0, 0.1) is 5.82 Å². The van der Waals surface area contributed by atoms with E-state index in [1.807, 2.05) is 10.8 Å². The summed E-state index contributed by atoms with van der Waals surface area (Å²) in [5.41, 5.74) is 2.34. The second-order valence-corrected chi connectivity index (χ2v) is 6.29. The first kappa shape index (κ1) is 17.1. The van der Waals surface area contributed by atoms with E-state index in [0.717, 1.165) is 18.5 Å². The van der Waals surface area contributed by atoms with Gasteiger partial charge in [0.05, 0.1) is 24.7 Å². The summed E-state index contributed by atoms with van der Waals surface area (Å²) in [4.78, 5) is 16.7. The zero-order valence-corrected chi connectivity index (χ0v) is 14.6. The first-order valence-corrected chi connectivity index (χ1v) is 8.76. The third kappa shape index (κ3) is 3.62. The van der Waals surface area contributed by atoms with Crippen molar-refractivity contribution in [2.75, 3.05) is 6.54 Å². The van der Waals surface area contributed by atoms with E-state index in [9.17, 15) is 9.18 Å². The number of nitrogens with zero attached hydrogens (tertiary/aromatic N) is 3. The molecular weight excluding hydrogens is 347 g/mol. The average Bonchev–Trinajstić information content (AvgIpc) is 3.39. The van der Waals surface area contributed by atoms with Crippen LogP contribution in [0.25, 0.3) is 11.1 Å². The van der Waals surface area contributed by atoms with Gasteiger partial charge >= 0.3 is 0 Å². The van der Waals surface area contributed by atoms with E-state index < -0.39 is 0 Å². The molecule has 1 N–H and O–H groups in total. The SMILES string of the molecule is O=C(NCCCn1ccnc1)c1cc2occc2n1Cc1ccccc1F. The summed E-state index contributed by atoms with van der Waals surface area (Å²) in [6, 6.07) is 10.0. The summed E-state index contributed by atoms with van der Waals surface area (Å²) >= 11 is 0. The third-order valence-corrected chi connectivity index (χ3v) is 4.48. The van der Waals surface area contributed by atoms with Crippen LogP contribution in [0.4, 0.5) is 4.39 Å². The van der Waals surface area contributed by atoms with Gasteiger partial charge in [-0.05, 0) is 12.5 Å². The maximum Gasteiger partial charge on any atom is 0.268 e. The van der Waals surface area contributed by atoms with Crippen LogP contribution >= 0.6 is 0 Å². The number of nitrogens with one attached hydrogen (secondary N) is 1. The Hall–Kier alpha value is -3.35. The minimum absolute atomic E-state index is 0.205. The monoisotopic (exact) mass is 366 g/mol. The number of halogens is 1. The molecule has 1 aromatic carbocycles. The van der Waals surface area contributed by atoms with Gasteiger partial charge in [0.1, 0.15) is 11.5 Å². The maximum absolute atomic E-state index is 14.1. The quantitative estimate of drug-likeness (QED) is 0.510. The highest BCUT2D eigenvalue weighted by atomic mass is 19.1. The zero-order chi connectivity index (χ0) is 18.6. The Morgan fingerprint density at radius 1 is 1.26 bits per heavy atom. The molecule has 0 saturated carbocycles. The second kappa shape index (κ2) is 7.49. The molecule has 3 heterocycles. The smallest absolute Gasteiger partial charge is 0.268 e. The molecule has 0 unspecified atom stereocenters. The van der Waals surface area contributed by atoms with Crippen LogP contribution in [-0.2, 0) is 13.1 Å². The number of rotatable bonds is 7. The number of imidazole rings is 1. The summed E-state index contributed by atoms with van der Waals surface area (Å²) in [6.07, 6.45) is 7.70. The maximum atomic E-state index is 14.1. The van der Waals surface area contributed by atoms with Gasteiger partial charge in [-0.25, -0.2) is 9.37 Å². The highest BCUT2D eigenvalue weighted by Gasteiger charge is 2.18. The average molecular weight is 366 g/mol. The molecule has 3 aromatic heterocycles. The predicted octanol–water partition coefficient (Wildman–Crippen LogP) is 3.44. The fourth-order valence-electron chi connectivity index (χ4n) is 3.11. The summed E-state index contributed by atoms with van der Waals surface area (Å²) in [6.45, 7) is 1.57. The van der Waals surface area contributed by atoms with E-state index in [1.165, 1.54) is 6.07 Å². The van der Waals surface area contributed by atoms with Crippen LogP contribution in [-0.4, -0.2) is 26.6 Å². The number of carbonyl (C=O) groups is 1. The minimum Gasteiger partial charge on any atom is -0.463 e. The lowest BCUT2D eigenvalue weighted by Crippen LogP contribution is -2.27. The van der Waals surface area contributed by atoms with Crippen molar-refractivity contribution in [2.45, 2.75) is 19.5 Å². The molecule has 0 spiro atoms. The number of hydrogen-bond donors (Lipinski definition) is 1. The van der Waals surface area contributed by atoms with E-state index in [0.29, 0.717) is 23.4 Å². The highest BCUT2D eigenvalue weighted by molar-refractivity contribution is 5.97. The Morgan fingerprint density at radius 2 is 2.15 bits per heavy atom. The summed E-state index contributed by atoms with van der Waals surface area (Å²) in [5, 5.41) is 2.92. The van der Waals surface area contributed by atoms with Crippen molar-refractivity contribution in [2.24, 2.45) is 0 Å². The molecule has 138 valence electrons. The van der Waals surface area contributed by atoms with Crippen molar-refractivity contribution in [3.63, 3.8) is 0 Å². The van der Waals surface area contributed by atoms with Crippen LogP contribution in [0.15, 0.2) is 65.8 Å². The first-order chi connectivity index (χ1) is 13.2. The number of hydrogen-bond acceptors (Lipinski definition) is 3. The van der Waals surface area contributed by atoms with Gasteiger partial charge in [-0.3, -0.25) is 4.79 Å². The van der Waals surface area contributed by atoms with E-state index in [1.54, 1.807) is 53.7 Å². The lowest BCUT2D eigenvalue weighted by molar-refractivity contribution is 0.0944. The van der Waals surface area contributed by atoms with Gasteiger partial charge in [-0.2, -0.15) is 0 Å². The molecule has 0 fully saturated rings. The van der Waals surface area contributed by atoms with Crippen molar-refractivity contribution in [1.29, 1.82) is 0 Å². The third-order valence-electron chi connectivity index (χ3n) is 4.48. The Labute approximate surface area is 155 Å². The number of furan rings is 1. The van der Waals surface area contributed by atoms with Crippen molar-refractivity contribution in [3.05, 3.63) is 78.5 Å². The van der Waals surface area contributed by atoms with Gasteiger partial charge in [0.15, 0.2) is 5.58 Å². The number of fused-ring (bicyclic) bond motifs is 1. The molecule has 0 atom stereocenters. The van der Waals surface area contributed by atoms with E-state index in [-0.39, 0.29) is 18.3 Å². The molecule has 6 nitrogen and oxygen atoms in total. The van der Waals surface area contributed by atoms with Crippen LogP contribution in [0.3, 0.4) is 0 Å². The van der Waals surface area contributed by atoms with Crippen LogP contribution in [0.5, 0.6) is 0 Å². The van der Waals surface area contributed by atoms with Crippen LogP contribution in [0.2, 0.25) is 0 Å². The molecule has 4 rings (SSSR count). The number of aryl methyl sites for hydroxylation is 1. The molecule has 0 bridgehead atoms. The number of amides is 1. The standard InChI is InChI=1S/C20H19FN4O2/c21-16-5-2-1-4-15(16)13-25-17-6-11-27-19(17)12-18(25)20(26)23-7-3-9-24-10-8-22-14-24/h1-2,4-6,8,10-12,14H,3,7,9,13H2,(H,23,26). The van der Waals surface area contributed by atoms with Crippen molar-refractivity contribution in [3.8, 4) is 0 Å². The van der Waals surface area contributed by atoms with Gasteiger partial charge in [-0.15, -0.1) is 0 Å². The minimum atomic E-state index is -0.297. The molecule has 27 heavy (non-hydrogen) atoms. The molecule has 0 saturated heterocycles. The number of carbonyl (C=O) groups excluding carboxylic acids is 1. The Kier molecular flexibility index (Phi) is 4.74. The number of benzene rings is 1. The van der Waals surface area contributed by atoms with Gasteiger partial charge in [0, 0.05) is 43.2 Å².